The van der Waals surface area contributed by atoms with Gasteiger partial charge in [0.1, 0.15) is 6.04 Å². The molecule has 0 aliphatic carbocycles. The first-order chi connectivity index (χ1) is 17.6. The average molecular weight is 488 g/mol. The fraction of sp³-hybridized carbons (Fsp3) is 0.250. The molecule has 0 bridgehead atoms. The van der Waals surface area contributed by atoms with Crippen LogP contribution in [-0.4, -0.2) is 56.7 Å². The lowest BCUT2D eigenvalue weighted by Gasteiger charge is -2.28. The summed E-state index contributed by atoms with van der Waals surface area (Å²) in [6.45, 7) is 2.58. The molecule has 1 aliphatic heterocycles. The van der Waals surface area contributed by atoms with Gasteiger partial charge in [-0.15, -0.1) is 0 Å². The first kappa shape index (κ1) is 24.9. The van der Waals surface area contributed by atoms with Crippen LogP contribution in [0, 0.1) is 0 Å². The van der Waals surface area contributed by atoms with E-state index in [0.29, 0.717) is 24.5 Å². The van der Waals surface area contributed by atoms with E-state index in [-0.39, 0.29) is 6.42 Å². The summed E-state index contributed by atoms with van der Waals surface area (Å²) in [4.78, 5) is 40.2. The Labute approximate surface area is 210 Å². The van der Waals surface area contributed by atoms with Crippen molar-refractivity contribution in [1.29, 1.82) is 0 Å². The molecule has 1 heterocycles. The van der Waals surface area contributed by atoms with Gasteiger partial charge < -0.3 is 25.0 Å². The summed E-state index contributed by atoms with van der Waals surface area (Å²) in [6.07, 6.45) is 0.239. The second-order valence-electron chi connectivity index (χ2n) is 8.38. The lowest BCUT2D eigenvalue weighted by molar-refractivity contribution is -0.149. The Morgan fingerprint density at radius 2 is 1.50 bits per heavy atom. The molecule has 0 saturated carbocycles. The summed E-state index contributed by atoms with van der Waals surface area (Å²) in [6, 6.07) is 24.5. The largest absolute Gasteiger partial charge is 0.454 e. The van der Waals surface area contributed by atoms with Gasteiger partial charge in [0.15, 0.2) is 6.61 Å². The molecule has 1 unspecified atom stereocenters. The van der Waals surface area contributed by atoms with Crippen LogP contribution in [0.15, 0.2) is 84.9 Å². The van der Waals surface area contributed by atoms with E-state index < -0.39 is 30.4 Å². The summed E-state index contributed by atoms with van der Waals surface area (Å²) < 4.78 is 10.7. The number of benzene rings is 3. The van der Waals surface area contributed by atoms with Crippen molar-refractivity contribution in [3.63, 3.8) is 0 Å². The Balaban J connectivity index is 1.33. The lowest BCUT2D eigenvalue weighted by Crippen LogP contribution is -2.44. The van der Waals surface area contributed by atoms with E-state index in [1.54, 1.807) is 30.3 Å². The van der Waals surface area contributed by atoms with E-state index in [1.165, 1.54) is 0 Å². The Hall–Kier alpha value is -4.17. The van der Waals surface area contributed by atoms with Crippen molar-refractivity contribution in [3.8, 4) is 0 Å². The summed E-state index contributed by atoms with van der Waals surface area (Å²) in [7, 11) is 0. The lowest BCUT2D eigenvalue weighted by atomic mass is 10.1. The standard InChI is InChI=1S/C28H29N3O5/c32-26(29-23-11-13-24(14-12-23)31-15-17-35-18-16-31)20-36-28(34)25(19-21-7-3-1-4-8-21)30-27(33)22-9-5-2-6-10-22/h1-14,25H,15-20H2,(H,29,32)(H,30,33). The number of esters is 1. The molecule has 0 aromatic heterocycles. The number of anilines is 2. The number of nitrogens with zero attached hydrogens (tertiary/aromatic N) is 1. The van der Waals surface area contributed by atoms with Gasteiger partial charge >= 0.3 is 5.97 Å². The maximum Gasteiger partial charge on any atom is 0.329 e. The van der Waals surface area contributed by atoms with Gasteiger partial charge in [-0.05, 0) is 42.0 Å². The maximum atomic E-state index is 12.9. The highest BCUT2D eigenvalue weighted by Gasteiger charge is 2.24. The molecule has 8 heteroatoms. The van der Waals surface area contributed by atoms with Crippen LogP contribution in [0.3, 0.4) is 0 Å². The average Bonchev–Trinajstić information content (AvgIpc) is 2.93. The normalized spacial score (nSPS) is 13.9. The van der Waals surface area contributed by atoms with Crippen LogP contribution in [0.2, 0.25) is 0 Å². The second kappa shape index (κ2) is 12.5. The van der Waals surface area contributed by atoms with E-state index >= 15 is 0 Å². The van der Waals surface area contributed by atoms with Crippen LogP contribution in [-0.2, 0) is 25.5 Å². The molecule has 1 saturated heterocycles. The van der Waals surface area contributed by atoms with Crippen LogP contribution >= 0.6 is 0 Å². The minimum atomic E-state index is -0.944. The van der Waals surface area contributed by atoms with E-state index in [9.17, 15) is 14.4 Å². The van der Waals surface area contributed by atoms with Crippen molar-refractivity contribution in [2.45, 2.75) is 12.5 Å². The van der Waals surface area contributed by atoms with Crippen molar-refractivity contribution in [2.24, 2.45) is 0 Å². The van der Waals surface area contributed by atoms with Gasteiger partial charge in [-0.1, -0.05) is 48.5 Å². The number of morpholine rings is 1. The number of carbonyl (C=O) groups excluding carboxylic acids is 3. The Morgan fingerprint density at radius 3 is 2.17 bits per heavy atom. The van der Waals surface area contributed by atoms with Gasteiger partial charge in [0, 0.05) is 36.4 Å². The number of amides is 2. The Morgan fingerprint density at radius 1 is 0.861 bits per heavy atom. The number of carbonyl (C=O) groups is 3. The van der Waals surface area contributed by atoms with Crippen molar-refractivity contribution in [1.82, 2.24) is 5.32 Å². The van der Waals surface area contributed by atoms with Crippen molar-refractivity contribution in [2.75, 3.05) is 43.1 Å². The Bertz CT molecular complexity index is 1150. The minimum Gasteiger partial charge on any atom is -0.454 e. The molecule has 1 fully saturated rings. The van der Waals surface area contributed by atoms with Crippen LogP contribution in [0.5, 0.6) is 0 Å². The smallest absolute Gasteiger partial charge is 0.329 e. The fourth-order valence-electron chi connectivity index (χ4n) is 3.89. The highest BCUT2D eigenvalue weighted by molar-refractivity contribution is 5.97. The van der Waals surface area contributed by atoms with Crippen LogP contribution in [0.25, 0.3) is 0 Å². The predicted octanol–water partition coefficient (Wildman–Crippen LogP) is 3.05. The van der Waals surface area contributed by atoms with Crippen LogP contribution in [0.4, 0.5) is 11.4 Å². The van der Waals surface area contributed by atoms with E-state index in [2.05, 4.69) is 15.5 Å². The number of ether oxygens (including phenoxy) is 2. The number of hydrogen-bond acceptors (Lipinski definition) is 6. The van der Waals surface area contributed by atoms with E-state index in [0.717, 1.165) is 24.3 Å². The molecule has 186 valence electrons. The molecule has 8 nitrogen and oxygen atoms in total. The zero-order valence-electron chi connectivity index (χ0n) is 19.9. The van der Waals surface area contributed by atoms with Gasteiger partial charge in [-0.2, -0.15) is 0 Å². The van der Waals surface area contributed by atoms with Gasteiger partial charge in [-0.25, -0.2) is 4.79 Å². The minimum absolute atomic E-state index is 0.239. The summed E-state index contributed by atoms with van der Waals surface area (Å²) >= 11 is 0. The molecule has 4 rings (SSSR count). The van der Waals surface area contributed by atoms with Gasteiger partial charge in [0.25, 0.3) is 11.8 Å². The zero-order valence-corrected chi connectivity index (χ0v) is 19.9. The third-order valence-electron chi connectivity index (χ3n) is 5.78. The molecule has 1 aliphatic rings. The maximum absolute atomic E-state index is 12.9. The number of nitrogens with one attached hydrogen (secondary N) is 2. The molecular formula is C28H29N3O5. The Kier molecular flexibility index (Phi) is 8.67. The third-order valence-corrected chi connectivity index (χ3v) is 5.78. The fourth-order valence-corrected chi connectivity index (χ4v) is 3.89. The molecule has 2 N–H and O–H groups in total. The second-order valence-corrected chi connectivity index (χ2v) is 8.38. The van der Waals surface area contributed by atoms with E-state index in [1.807, 2.05) is 54.6 Å². The number of hydrogen-bond donors (Lipinski definition) is 2. The van der Waals surface area contributed by atoms with Gasteiger partial charge in [0.05, 0.1) is 13.2 Å². The van der Waals surface area contributed by atoms with Gasteiger partial charge in [0.2, 0.25) is 0 Å². The van der Waals surface area contributed by atoms with E-state index in [4.69, 9.17) is 9.47 Å². The number of rotatable bonds is 9. The first-order valence-electron chi connectivity index (χ1n) is 11.9. The highest BCUT2D eigenvalue weighted by atomic mass is 16.5. The highest BCUT2D eigenvalue weighted by Crippen LogP contribution is 2.19. The quantitative estimate of drug-likeness (QED) is 0.451. The summed E-state index contributed by atoms with van der Waals surface area (Å²) in [5.74, 6) is -1.53. The third kappa shape index (κ3) is 7.16. The summed E-state index contributed by atoms with van der Waals surface area (Å²) in [5, 5.41) is 5.47. The monoisotopic (exact) mass is 487 g/mol. The summed E-state index contributed by atoms with van der Waals surface area (Å²) in [5.41, 5.74) is 2.95. The SMILES string of the molecule is O=C(COC(=O)C(Cc1ccccc1)NC(=O)c1ccccc1)Nc1ccc(N2CCOCC2)cc1. The first-order valence-corrected chi connectivity index (χ1v) is 11.9. The van der Waals surface area contributed by atoms with Crippen molar-refractivity contribution in [3.05, 3.63) is 96.1 Å². The molecule has 36 heavy (non-hydrogen) atoms. The molecule has 3 aromatic carbocycles. The molecule has 0 spiro atoms. The van der Waals surface area contributed by atoms with Gasteiger partial charge in [-0.3, -0.25) is 9.59 Å². The molecular weight excluding hydrogens is 458 g/mol. The van der Waals surface area contributed by atoms with Crippen LogP contribution in [0.1, 0.15) is 15.9 Å². The van der Waals surface area contributed by atoms with Crippen molar-refractivity contribution < 1.29 is 23.9 Å². The molecule has 2 amide bonds. The molecule has 3 aromatic rings. The molecule has 0 radical (unpaired) electrons. The van der Waals surface area contributed by atoms with Crippen LogP contribution < -0.4 is 15.5 Å². The van der Waals surface area contributed by atoms with Crippen molar-refractivity contribution >= 4 is 29.2 Å². The topological polar surface area (TPSA) is 97.0 Å². The predicted molar refractivity (Wildman–Crippen MR) is 137 cm³/mol. The zero-order chi connectivity index (χ0) is 25.2. The molecule has 1 atom stereocenters.